The number of fused-ring (bicyclic) bond motifs is 1. The summed E-state index contributed by atoms with van der Waals surface area (Å²) in [5, 5.41) is 3.14. The van der Waals surface area contributed by atoms with Crippen LogP contribution >= 0.6 is 11.3 Å². The number of anilines is 1. The summed E-state index contributed by atoms with van der Waals surface area (Å²) in [6.07, 6.45) is 7.11. The number of aryl methyl sites for hydroxylation is 1. The van der Waals surface area contributed by atoms with Crippen LogP contribution in [0.25, 0.3) is 16.5 Å². The largest absolute Gasteiger partial charge is 0.381 e. The average molecular weight is 529 g/mol. The van der Waals surface area contributed by atoms with Crippen LogP contribution in [0.15, 0.2) is 60.2 Å². The van der Waals surface area contributed by atoms with Crippen LogP contribution in [0.5, 0.6) is 0 Å². The second-order valence-corrected chi connectivity index (χ2v) is 12.9. The maximum atomic E-state index is 13.2. The first kappa shape index (κ1) is 26.9. The number of hydrogen-bond acceptors (Lipinski definition) is 4. The predicted molar refractivity (Wildman–Crippen MR) is 160 cm³/mol. The Kier molecular flexibility index (Phi) is 8.18. The fourth-order valence-electron chi connectivity index (χ4n) is 5.36. The molecule has 0 atom stereocenters. The molecule has 1 amide bonds. The molecular weight excluding hydrogens is 488 g/mol. The highest BCUT2D eigenvalue weighted by Crippen LogP contribution is 2.37. The summed E-state index contributed by atoms with van der Waals surface area (Å²) in [5.41, 5.74) is 6.91. The number of carbonyl (C=O) groups is 1. The zero-order chi connectivity index (χ0) is 26.7. The predicted octanol–water partition coefficient (Wildman–Crippen LogP) is 7.68. The molecule has 5 heteroatoms. The van der Waals surface area contributed by atoms with Gasteiger partial charge >= 0.3 is 0 Å². The Bertz CT molecular complexity index is 1280. The monoisotopic (exact) mass is 528 g/mol. The Hall–Kier alpha value is -2.73. The Morgan fingerprint density at radius 1 is 1.03 bits per heavy atom. The first-order chi connectivity index (χ1) is 18.3. The minimum absolute atomic E-state index is 0.00667. The SMILES string of the molecule is CN(Cc1ccc(NC(=O)C2=Cc3cc(-c4ccc(C(C)(C)C)cc4)sc3CCC2)cc1)C1CCOCC1. The van der Waals surface area contributed by atoms with Gasteiger partial charge < -0.3 is 10.1 Å². The van der Waals surface area contributed by atoms with Crippen molar-refractivity contribution < 1.29 is 9.53 Å². The van der Waals surface area contributed by atoms with E-state index >= 15 is 0 Å². The first-order valence-corrected chi connectivity index (χ1v) is 14.7. The number of nitrogens with one attached hydrogen (secondary N) is 1. The van der Waals surface area contributed by atoms with Crippen LogP contribution in [0.3, 0.4) is 0 Å². The molecule has 2 aromatic carbocycles. The van der Waals surface area contributed by atoms with E-state index in [1.165, 1.54) is 32.0 Å². The molecular formula is C33H40N2O2S. The standard InChI is InChI=1S/C33H40N2O2S/c1-33(2,3)27-12-10-24(11-13-27)31-21-26-20-25(6-5-7-30(26)38-31)32(36)34-28-14-8-23(9-15-28)22-35(4)29-16-18-37-19-17-29/h8-15,20-21,29H,5-7,16-19,22H2,1-4H3,(H,34,36). The van der Waals surface area contributed by atoms with E-state index in [9.17, 15) is 4.79 Å². The molecule has 0 spiro atoms. The van der Waals surface area contributed by atoms with Gasteiger partial charge in [-0.3, -0.25) is 9.69 Å². The molecule has 2 heterocycles. The fourth-order valence-corrected chi connectivity index (χ4v) is 6.55. The highest BCUT2D eigenvalue weighted by atomic mass is 32.1. The quantitative estimate of drug-likeness (QED) is 0.357. The minimum Gasteiger partial charge on any atom is -0.381 e. The van der Waals surface area contributed by atoms with Gasteiger partial charge in [0, 0.05) is 46.8 Å². The van der Waals surface area contributed by atoms with E-state index in [4.69, 9.17) is 4.74 Å². The third-order valence-corrected chi connectivity index (χ3v) is 9.07. The fraction of sp³-hybridized carbons (Fsp3) is 0.424. The third-order valence-electron chi connectivity index (χ3n) is 7.81. The maximum absolute atomic E-state index is 13.2. The Morgan fingerprint density at radius 2 is 1.74 bits per heavy atom. The number of hydrogen-bond donors (Lipinski definition) is 1. The molecule has 4 nitrogen and oxygen atoms in total. The van der Waals surface area contributed by atoms with Crippen LogP contribution in [0, 0.1) is 0 Å². The van der Waals surface area contributed by atoms with Crippen molar-refractivity contribution >= 4 is 29.0 Å². The minimum atomic E-state index is 0.00667. The van der Waals surface area contributed by atoms with Gasteiger partial charge in [0.1, 0.15) is 0 Å². The maximum Gasteiger partial charge on any atom is 0.251 e. The second kappa shape index (κ2) is 11.6. The molecule has 1 aliphatic carbocycles. The molecule has 2 aliphatic rings. The number of nitrogens with zero attached hydrogens (tertiary/aromatic N) is 1. The van der Waals surface area contributed by atoms with Crippen molar-refractivity contribution in [3.8, 4) is 10.4 Å². The normalized spacial score (nSPS) is 16.6. The molecule has 3 aromatic rings. The van der Waals surface area contributed by atoms with E-state index in [1.54, 1.807) is 0 Å². The number of thiophene rings is 1. The van der Waals surface area contributed by atoms with Gasteiger partial charge in [0.2, 0.25) is 0 Å². The van der Waals surface area contributed by atoms with Crippen molar-refractivity contribution in [1.29, 1.82) is 0 Å². The molecule has 1 fully saturated rings. The summed E-state index contributed by atoms with van der Waals surface area (Å²) >= 11 is 1.86. The van der Waals surface area contributed by atoms with E-state index in [0.29, 0.717) is 6.04 Å². The molecule has 0 saturated carbocycles. The molecule has 1 aliphatic heterocycles. The van der Waals surface area contributed by atoms with Gasteiger partial charge in [-0.15, -0.1) is 11.3 Å². The number of ether oxygens (including phenoxy) is 1. The van der Waals surface area contributed by atoms with E-state index in [-0.39, 0.29) is 11.3 Å². The van der Waals surface area contributed by atoms with Crippen molar-refractivity contribution in [2.75, 3.05) is 25.6 Å². The molecule has 1 aromatic heterocycles. The zero-order valence-electron chi connectivity index (χ0n) is 23.2. The molecule has 5 rings (SSSR count). The second-order valence-electron chi connectivity index (χ2n) is 11.7. The summed E-state index contributed by atoms with van der Waals surface area (Å²) < 4.78 is 5.49. The topological polar surface area (TPSA) is 41.6 Å². The molecule has 1 N–H and O–H groups in total. The summed E-state index contributed by atoms with van der Waals surface area (Å²) in [5.74, 6) is 0.00667. The third kappa shape index (κ3) is 6.45. The molecule has 0 bridgehead atoms. The molecule has 200 valence electrons. The van der Waals surface area contributed by atoms with Crippen molar-refractivity contribution in [1.82, 2.24) is 4.90 Å². The lowest BCUT2D eigenvalue weighted by molar-refractivity contribution is -0.112. The van der Waals surface area contributed by atoms with Crippen LogP contribution in [0.1, 0.15) is 68.0 Å². The van der Waals surface area contributed by atoms with Gasteiger partial charge in [0.25, 0.3) is 5.91 Å². The zero-order valence-corrected chi connectivity index (χ0v) is 24.0. The Balaban J connectivity index is 1.24. The van der Waals surface area contributed by atoms with E-state index < -0.39 is 0 Å². The van der Waals surface area contributed by atoms with Gasteiger partial charge in [-0.05, 0) is 91.1 Å². The van der Waals surface area contributed by atoms with Gasteiger partial charge in [-0.1, -0.05) is 57.2 Å². The molecule has 38 heavy (non-hydrogen) atoms. The highest BCUT2D eigenvalue weighted by Gasteiger charge is 2.20. The van der Waals surface area contributed by atoms with E-state index in [2.05, 4.69) is 86.6 Å². The number of carbonyl (C=O) groups excluding carboxylic acids is 1. The highest BCUT2D eigenvalue weighted by molar-refractivity contribution is 7.15. The van der Waals surface area contributed by atoms with Crippen LogP contribution in [0.4, 0.5) is 5.69 Å². The van der Waals surface area contributed by atoms with Crippen LogP contribution in [-0.4, -0.2) is 37.1 Å². The Morgan fingerprint density at radius 3 is 2.42 bits per heavy atom. The van der Waals surface area contributed by atoms with Gasteiger partial charge in [-0.25, -0.2) is 0 Å². The summed E-state index contributed by atoms with van der Waals surface area (Å²) in [6, 6.07) is 20.1. The van der Waals surface area contributed by atoms with Crippen LogP contribution < -0.4 is 5.32 Å². The lowest BCUT2D eigenvalue weighted by Crippen LogP contribution is -2.36. The van der Waals surface area contributed by atoms with Crippen LogP contribution in [0.2, 0.25) is 0 Å². The number of benzene rings is 2. The van der Waals surface area contributed by atoms with Gasteiger partial charge in [0.05, 0.1) is 0 Å². The van der Waals surface area contributed by atoms with Crippen LogP contribution in [-0.2, 0) is 27.9 Å². The first-order valence-electron chi connectivity index (χ1n) is 13.9. The number of amides is 1. The van der Waals surface area contributed by atoms with Gasteiger partial charge in [-0.2, -0.15) is 0 Å². The summed E-state index contributed by atoms with van der Waals surface area (Å²) in [4.78, 5) is 18.3. The number of rotatable bonds is 6. The average Bonchev–Trinajstić information content (AvgIpc) is 3.21. The molecule has 0 unspecified atom stereocenters. The van der Waals surface area contributed by atoms with E-state index in [0.717, 1.165) is 63.1 Å². The smallest absolute Gasteiger partial charge is 0.251 e. The van der Waals surface area contributed by atoms with Gasteiger partial charge in [0.15, 0.2) is 0 Å². The lowest BCUT2D eigenvalue weighted by Gasteiger charge is -2.31. The molecule has 0 radical (unpaired) electrons. The van der Waals surface area contributed by atoms with Crippen molar-refractivity contribution in [3.63, 3.8) is 0 Å². The summed E-state index contributed by atoms with van der Waals surface area (Å²) in [6.45, 7) is 9.35. The van der Waals surface area contributed by atoms with E-state index in [1.807, 2.05) is 23.5 Å². The van der Waals surface area contributed by atoms with Crippen molar-refractivity contribution in [3.05, 3.63) is 81.7 Å². The molecule has 1 saturated heterocycles. The summed E-state index contributed by atoms with van der Waals surface area (Å²) in [7, 11) is 2.19. The van der Waals surface area contributed by atoms with Crippen molar-refractivity contribution in [2.45, 2.75) is 70.9 Å². The lowest BCUT2D eigenvalue weighted by atomic mass is 9.86. The van der Waals surface area contributed by atoms with Crippen molar-refractivity contribution in [2.24, 2.45) is 0 Å². The Labute approximate surface area is 231 Å².